The fourth-order valence-electron chi connectivity index (χ4n) is 2.33. The molecule has 9 heteroatoms. The topological polar surface area (TPSA) is 76.2 Å². The first-order chi connectivity index (χ1) is 10.1. The largest absolute Gasteiger partial charge is 0.337 e. The second-order valence-corrected chi connectivity index (χ2v) is 5.98. The Hall–Kier alpha value is -1.22. The van der Waals surface area contributed by atoms with Crippen molar-refractivity contribution in [3.8, 4) is 0 Å². The van der Waals surface area contributed by atoms with Gasteiger partial charge in [-0.1, -0.05) is 5.16 Å². The molecule has 1 atom stereocenters. The Labute approximate surface area is 142 Å². The zero-order valence-electron chi connectivity index (χ0n) is 12.0. The number of pyridine rings is 1. The number of nitrogens with zero attached hydrogens (tertiary/aromatic N) is 4. The summed E-state index contributed by atoms with van der Waals surface area (Å²) in [6, 6.07) is 3.32. The van der Waals surface area contributed by atoms with Crippen LogP contribution in [0.1, 0.15) is 17.8 Å². The predicted molar refractivity (Wildman–Crippen MR) is 87.3 cm³/mol. The monoisotopic (exact) mass is 389 g/mol. The summed E-state index contributed by atoms with van der Waals surface area (Å²) in [6.07, 6.45) is 1.71. The molecule has 3 rings (SSSR count). The summed E-state index contributed by atoms with van der Waals surface area (Å²) in [7, 11) is 2.04. The molecule has 3 heterocycles. The Morgan fingerprint density at radius 1 is 1.50 bits per heavy atom. The van der Waals surface area contributed by atoms with E-state index in [4.69, 9.17) is 4.52 Å². The minimum absolute atomic E-state index is 0. The number of hydrogen-bond donors (Lipinski definition) is 1. The van der Waals surface area contributed by atoms with Gasteiger partial charge in [0.05, 0.1) is 6.04 Å². The van der Waals surface area contributed by atoms with Crippen LogP contribution in [0.2, 0.25) is 0 Å². The van der Waals surface area contributed by atoms with Crippen LogP contribution >= 0.6 is 28.3 Å². The number of halogens is 2. The van der Waals surface area contributed by atoms with Gasteiger partial charge in [0.1, 0.15) is 6.54 Å². The van der Waals surface area contributed by atoms with Crippen molar-refractivity contribution in [2.75, 3.05) is 26.7 Å². The third-order valence-corrected chi connectivity index (χ3v) is 4.01. The molecular weight excluding hydrogens is 374 g/mol. The van der Waals surface area contributed by atoms with Crippen LogP contribution in [0.3, 0.4) is 0 Å². The molecule has 0 aliphatic carbocycles. The van der Waals surface area contributed by atoms with Crippen LogP contribution in [-0.4, -0.2) is 46.3 Å². The minimum Gasteiger partial charge on any atom is -0.337 e. The van der Waals surface area contributed by atoms with E-state index in [2.05, 4.69) is 36.3 Å². The van der Waals surface area contributed by atoms with Gasteiger partial charge in [0.15, 0.2) is 5.82 Å². The van der Waals surface area contributed by atoms with Gasteiger partial charge in [0.2, 0.25) is 5.89 Å². The first-order valence-corrected chi connectivity index (χ1v) is 7.52. The van der Waals surface area contributed by atoms with Crippen LogP contribution in [-0.2, 0) is 6.54 Å². The van der Waals surface area contributed by atoms with Gasteiger partial charge in [-0.05, 0) is 29.0 Å². The van der Waals surface area contributed by atoms with E-state index in [-0.39, 0.29) is 30.6 Å². The van der Waals surface area contributed by atoms with Crippen molar-refractivity contribution in [2.45, 2.75) is 12.6 Å². The number of aromatic nitrogens is 3. The van der Waals surface area contributed by atoms with E-state index in [9.17, 15) is 4.79 Å². The Balaban J connectivity index is 0.00000176. The van der Waals surface area contributed by atoms with Gasteiger partial charge in [-0.15, -0.1) is 12.4 Å². The molecule has 1 aliphatic heterocycles. The molecule has 0 amide bonds. The molecular formula is C13H17BrClN5O2. The summed E-state index contributed by atoms with van der Waals surface area (Å²) < 4.78 is 7.64. The molecule has 2 aromatic heterocycles. The zero-order chi connectivity index (χ0) is 14.8. The van der Waals surface area contributed by atoms with E-state index in [1.807, 2.05) is 7.05 Å². The molecule has 1 N–H and O–H groups in total. The lowest BCUT2D eigenvalue weighted by Gasteiger charge is -2.30. The highest BCUT2D eigenvalue weighted by atomic mass is 79.9. The summed E-state index contributed by atoms with van der Waals surface area (Å²) in [6.45, 7) is 2.98. The molecule has 120 valence electrons. The third kappa shape index (κ3) is 3.75. The second-order valence-electron chi connectivity index (χ2n) is 5.06. The van der Waals surface area contributed by atoms with Crippen LogP contribution in [0.15, 0.2) is 32.1 Å². The van der Waals surface area contributed by atoms with E-state index in [0.29, 0.717) is 11.7 Å². The van der Waals surface area contributed by atoms with Gasteiger partial charge in [-0.2, -0.15) is 4.98 Å². The molecule has 1 saturated heterocycles. The smallest absolute Gasteiger partial charge is 0.251 e. The molecule has 1 aliphatic rings. The summed E-state index contributed by atoms with van der Waals surface area (Å²) in [4.78, 5) is 18.4. The second kappa shape index (κ2) is 7.36. The van der Waals surface area contributed by atoms with Crippen molar-refractivity contribution in [2.24, 2.45) is 0 Å². The van der Waals surface area contributed by atoms with Crippen LogP contribution in [0.4, 0.5) is 0 Å². The standard InChI is InChI=1S/C13H16BrN5O2.ClH/c1-18-5-4-15-6-10(18)13-16-11(21-17-13)8-19-7-9(14)2-3-12(19)20;/h2-3,7,10,15H,4-6,8H2,1H3;1H. The van der Waals surface area contributed by atoms with Crippen molar-refractivity contribution < 1.29 is 4.52 Å². The van der Waals surface area contributed by atoms with Crippen molar-refractivity contribution in [1.82, 2.24) is 24.9 Å². The average Bonchev–Trinajstić information content (AvgIpc) is 2.92. The average molecular weight is 391 g/mol. The molecule has 1 unspecified atom stereocenters. The van der Waals surface area contributed by atoms with Crippen molar-refractivity contribution in [3.63, 3.8) is 0 Å². The minimum atomic E-state index is -0.102. The highest BCUT2D eigenvalue weighted by Gasteiger charge is 2.25. The van der Waals surface area contributed by atoms with Gasteiger partial charge in [-0.25, -0.2) is 0 Å². The first-order valence-electron chi connectivity index (χ1n) is 6.73. The van der Waals surface area contributed by atoms with Gasteiger partial charge >= 0.3 is 0 Å². The Morgan fingerprint density at radius 3 is 3.09 bits per heavy atom. The summed E-state index contributed by atoms with van der Waals surface area (Å²) >= 11 is 3.34. The van der Waals surface area contributed by atoms with E-state index < -0.39 is 0 Å². The molecule has 0 saturated carbocycles. The zero-order valence-corrected chi connectivity index (χ0v) is 14.4. The number of likely N-dealkylation sites (N-methyl/N-ethyl adjacent to an activating group) is 1. The highest BCUT2D eigenvalue weighted by molar-refractivity contribution is 9.10. The molecule has 0 spiro atoms. The Morgan fingerprint density at radius 2 is 2.32 bits per heavy atom. The van der Waals surface area contributed by atoms with E-state index in [1.54, 1.807) is 12.3 Å². The molecule has 22 heavy (non-hydrogen) atoms. The maximum atomic E-state index is 11.8. The van der Waals surface area contributed by atoms with E-state index in [1.165, 1.54) is 10.6 Å². The summed E-state index contributed by atoms with van der Waals surface area (Å²) in [5, 5.41) is 7.36. The highest BCUT2D eigenvalue weighted by Crippen LogP contribution is 2.17. The Kier molecular flexibility index (Phi) is 5.74. The van der Waals surface area contributed by atoms with Gasteiger partial charge in [0.25, 0.3) is 5.56 Å². The first kappa shape index (κ1) is 17.1. The van der Waals surface area contributed by atoms with Gasteiger partial charge in [-0.3, -0.25) is 9.69 Å². The van der Waals surface area contributed by atoms with Crippen molar-refractivity contribution in [1.29, 1.82) is 0 Å². The maximum absolute atomic E-state index is 11.8. The molecule has 7 nitrogen and oxygen atoms in total. The third-order valence-electron chi connectivity index (χ3n) is 3.55. The summed E-state index contributed by atoms with van der Waals surface area (Å²) in [5.74, 6) is 1.09. The molecule has 2 aromatic rings. The lowest BCUT2D eigenvalue weighted by molar-refractivity contribution is 0.190. The molecule has 0 aromatic carbocycles. The fourth-order valence-corrected chi connectivity index (χ4v) is 2.71. The van der Waals surface area contributed by atoms with Crippen molar-refractivity contribution >= 4 is 28.3 Å². The number of rotatable bonds is 3. The molecule has 1 fully saturated rings. The lowest BCUT2D eigenvalue weighted by Crippen LogP contribution is -2.44. The predicted octanol–water partition coefficient (Wildman–Crippen LogP) is 1.04. The van der Waals surface area contributed by atoms with Crippen LogP contribution in [0.5, 0.6) is 0 Å². The van der Waals surface area contributed by atoms with E-state index >= 15 is 0 Å². The van der Waals surface area contributed by atoms with Gasteiger partial charge < -0.3 is 14.4 Å². The number of nitrogens with one attached hydrogen (secondary N) is 1. The molecule has 0 bridgehead atoms. The normalized spacial score (nSPS) is 18.9. The Bertz CT molecular complexity index is 689. The summed E-state index contributed by atoms with van der Waals surface area (Å²) in [5.41, 5.74) is -0.102. The number of piperazine rings is 1. The van der Waals surface area contributed by atoms with Gasteiger partial charge in [0, 0.05) is 36.4 Å². The fraction of sp³-hybridized carbons (Fsp3) is 0.462. The van der Waals surface area contributed by atoms with E-state index in [0.717, 1.165) is 24.1 Å². The van der Waals surface area contributed by atoms with Crippen molar-refractivity contribution in [3.05, 3.63) is 44.9 Å². The van der Waals surface area contributed by atoms with Crippen LogP contribution < -0.4 is 10.9 Å². The quantitative estimate of drug-likeness (QED) is 0.844. The van der Waals surface area contributed by atoms with Crippen LogP contribution in [0.25, 0.3) is 0 Å². The number of hydrogen-bond acceptors (Lipinski definition) is 6. The van der Waals surface area contributed by atoms with Crippen LogP contribution in [0, 0.1) is 0 Å². The lowest BCUT2D eigenvalue weighted by atomic mass is 10.2. The SMILES string of the molecule is CN1CCNCC1c1noc(Cn2cc(Br)ccc2=O)n1.Cl. The maximum Gasteiger partial charge on any atom is 0.251 e. The molecule has 0 radical (unpaired) electrons.